The van der Waals surface area contributed by atoms with E-state index in [1.807, 2.05) is 18.2 Å². The van der Waals surface area contributed by atoms with Crippen molar-refractivity contribution in [3.8, 4) is 5.75 Å². The van der Waals surface area contributed by atoms with Gasteiger partial charge < -0.3 is 19.9 Å². The predicted molar refractivity (Wildman–Crippen MR) is 160 cm³/mol. The van der Waals surface area contributed by atoms with Crippen LogP contribution in [0.3, 0.4) is 0 Å². The molecule has 0 bridgehead atoms. The number of aliphatic hydroxyl groups is 1. The lowest BCUT2D eigenvalue weighted by Crippen LogP contribution is -2.23. The first-order valence-electron chi connectivity index (χ1n) is 13.8. The minimum Gasteiger partial charge on any atom is -0.497 e. The van der Waals surface area contributed by atoms with Gasteiger partial charge in [-0.25, -0.2) is 0 Å². The van der Waals surface area contributed by atoms with E-state index >= 15 is 0 Å². The normalized spacial score (nSPS) is 13.8. The fraction of sp³-hybridized carbons (Fsp3) is 0.265. The molecule has 0 spiro atoms. The van der Waals surface area contributed by atoms with Crippen LogP contribution in [-0.2, 0) is 4.79 Å². The maximum absolute atomic E-state index is 10.8. The van der Waals surface area contributed by atoms with Crippen LogP contribution < -0.4 is 10.1 Å². The van der Waals surface area contributed by atoms with Gasteiger partial charge in [-0.2, -0.15) is 0 Å². The molecule has 0 radical (unpaired) electrons. The fourth-order valence-corrected chi connectivity index (χ4v) is 5.74. The van der Waals surface area contributed by atoms with Crippen LogP contribution in [0.2, 0.25) is 0 Å². The van der Waals surface area contributed by atoms with Crippen LogP contribution in [0.25, 0.3) is 21.7 Å². The van der Waals surface area contributed by atoms with Crippen molar-refractivity contribution in [2.24, 2.45) is 0 Å². The third kappa shape index (κ3) is 5.88. The Bertz CT molecular complexity index is 1590. The average molecular weight is 537 g/mol. The van der Waals surface area contributed by atoms with Crippen LogP contribution in [0, 0.1) is 0 Å². The predicted octanol–water partition coefficient (Wildman–Crippen LogP) is 7.10. The van der Waals surface area contributed by atoms with Crippen molar-refractivity contribution in [1.82, 2.24) is 10.3 Å². The highest BCUT2D eigenvalue weighted by atomic mass is 16.5. The third-order valence-corrected chi connectivity index (χ3v) is 7.75. The van der Waals surface area contributed by atoms with E-state index in [2.05, 4.69) is 90.2 Å². The van der Waals surface area contributed by atoms with Crippen molar-refractivity contribution in [2.75, 3.05) is 13.7 Å². The Morgan fingerprint density at radius 1 is 0.925 bits per heavy atom. The van der Waals surface area contributed by atoms with Crippen LogP contribution in [-0.4, -0.2) is 34.8 Å². The molecule has 0 saturated heterocycles. The van der Waals surface area contributed by atoms with Crippen molar-refractivity contribution in [2.45, 2.75) is 44.2 Å². The van der Waals surface area contributed by atoms with Crippen LogP contribution in [0.15, 0.2) is 91.1 Å². The summed E-state index contributed by atoms with van der Waals surface area (Å²) in [5.74, 6) is 0.253. The summed E-state index contributed by atoms with van der Waals surface area (Å²) >= 11 is 0. The molecular formula is C34H36N2O4. The number of methoxy groups -OCH3 is 1. The van der Waals surface area contributed by atoms with Gasteiger partial charge in [0.15, 0.2) is 0 Å². The first-order chi connectivity index (χ1) is 19.5. The molecule has 0 amide bonds. The number of nitrogens with one attached hydrogen (secondary N) is 2. The second-order valence-corrected chi connectivity index (χ2v) is 10.3. The minimum absolute atomic E-state index is 0.0431. The largest absolute Gasteiger partial charge is 0.497 e. The monoisotopic (exact) mass is 536 g/mol. The lowest BCUT2D eigenvalue weighted by atomic mass is 9.74. The summed E-state index contributed by atoms with van der Waals surface area (Å²) in [5.41, 5.74) is 5.55. The number of benzene rings is 4. The molecule has 0 aliphatic rings. The maximum atomic E-state index is 10.8. The SMILES string of the molecule is CCCC(c1ccc(C(O)NCCC(=O)O)cc1)C(c1ccc2cc(OC)ccc2c1)c1c[nH]c2ccccc12. The summed E-state index contributed by atoms with van der Waals surface area (Å²) in [7, 11) is 1.69. The third-order valence-electron chi connectivity index (χ3n) is 7.75. The number of aliphatic hydroxyl groups excluding tert-OH is 1. The number of aromatic amines is 1. The number of fused-ring (bicyclic) bond motifs is 2. The molecule has 206 valence electrons. The van der Waals surface area contributed by atoms with Gasteiger partial charge in [0.25, 0.3) is 0 Å². The molecular weight excluding hydrogens is 500 g/mol. The summed E-state index contributed by atoms with van der Waals surface area (Å²) in [6.07, 6.45) is 3.21. The van der Waals surface area contributed by atoms with Crippen LogP contribution in [0.4, 0.5) is 0 Å². The lowest BCUT2D eigenvalue weighted by molar-refractivity contribution is -0.137. The second-order valence-electron chi connectivity index (χ2n) is 10.3. The van der Waals surface area contributed by atoms with E-state index in [0.29, 0.717) is 5.56 Å². The topological polar surface area (TPSA) is 94.6 Å². The molecule has 1 heterocycles. The molecule has 4 aromatic carbocycles. The fourth-order valence-electron chi connectivity index (χ4n) is 5.74. The maximum Gasteiger partial charge on any atom is 0.304 e. The van der Waals surface area contributed by atoms with E-state index in [9.17, 15) is 9.90 Å². The summed E-state index contributed by atoms with van der Waals surface area (Å²) in [4.78, 5) is 14.3. The first-order valence-corrected chi connectivity index (χ1v) is 13.8. The number of ether oxygens (including phenoxy) is 1. The van der Waals surface area contributed by atoms with Gasteiger partial charge in [-0.05, 0) is 63.6 Å². The van der Waals surface area contributed by atoms with Gasteiger partial charge in [0.2, 0.25) is 0 Å². The van der Waals surface area contributed by atoms with Gasteiger partial charge in [0.1, 0.15) is 12.0 Å². The summed E-state index contributed by atoms with van der Waals surface area (Å²) in [6.45, 7) is 2.42. The Morgan fingerprint density at radius 3 is 2.38 bits per heavy atom. The smallest absolute Gasteiger partial charge is 0.304 e. The van der Waals surface area contributed by atoms with Crippen LogP contribution in [0.1, 0.15) is 66.5 Å². The van der Waals surface area contributed by atoms with Gasteiger partial charge in [-0.3, -0.25) is 10.1 Å². The zero-order valence-electron chi connectivity index (χ0n) is 22.9. The van der Waals surface area contributed by atoms with E-state index in [1.54, 1.807) is 7.11 Å². The Balaban J connectivity index is 1.56. The molecule has 0 aliphatic carbocycles. The van der Waals surface area contributed by atoms with Crippen molar-refractivity contribution in [3.05, 3.63) is 113 Å². The minimum atomic E-state index is -0.917. The summed E-state index contributed by atoms with van der Waals surface area (Å²) in [5, 5.41) is 25.8. The molecule has 0 fully saturated rings. The van der Waals surface area contributed by atoms with E-state index in [-0.39, 0.29) is 24.8 Å². The molecule has 0 saturated carbocycles. The van der Waals surface area contributed by atoms with E-state index in [1.165, 1.54) is 27.5 Å². The van der Waals surface area contributed by atoms with Gasteiger partial charge in [0, 0.05) is 29.6 Å². The molecule has 3 atom stereocenters. The molecule has 6 heteroatoms. The number of carboxylic acid groups (broad SMARTS) is 1. The van der Waals surface area contributed by atoms with Gasteiger partial charge in [-0.15, -0.1) is 0 Å². The molecule has 5 aromatic rings. The average Bonchev–Trinajstić information content (AvgIpc) is 3.40. The van der Waals surface area contributed by atoms with Crippen molar-refractivity contribution < 1.29 is 19.7 Å². The summed E-state index contributed by atoms with van der Waals surface area (Å²) < 4.78 is 5.44. The number of para-hydroxylation sites is 1. The Labute approximate surface area is 234 Å². The Kier molecular flexibility index (Phi) is 8.48. The molecule has 4 N–H and O–H groups in total. The number of aliphatic carboxylic acids is 1. The lowest BCUT2D eigenvalue weighted by Gasteiger charge is -2.29. The Hall–Kier alpha value is -4.13. The molecule has 6 nitrogen and oxygen atoms in total. The van der Waals surface area contributed by atoms with Gasteiger partial charge in [-0.1, -0.05) is 80.1 Å². The van der Waals surface area contributed by atoms with E-state index < -0.39 is 12.2 Å². The van der Waals surface area contributed by atoms with Crippen molar-refractivity contribution >= 4 is 27.6 Å². The van der Waals surface area contributed by atoms with Crippen LogP contribution >= 0.6 is 0 Å². The molecule has 1 aromatic heterocycles. The standard InChI is InChI=1S/C34H36N2O4/c1-3-6-28(22-9-11-23(12-10-22)34(39)35-18-17-32(37)38)33(30-21-36-31-8-5-4-7-29(30)31)26-14-13-25-20-27(40-2)16-15-24(25)19-26/h4-5,7-16,19-21,28,33-36,39H,3,6,17-18H2,1-2H3,(H,37,38). The van der Waals surface area contributed by atoms with Gasteiger partial charge in [0.05, 0.1) is 13.5 Å². The number of rotatable bonds is 12. The number of H-pyrrole nitrogens is 1. The van der Waals surface area contributed by atoms with Crippen LogP contribution in [0.5, 0.6) is 5.75 Å². The summed E-state index contributed by atoms with van der Waals surface area (Å²) in [6, 6.07) is 29.4. The van der Waals surface area contributed by atoms with Crippen molar-refractivity contribution in [1.29, 1.82) is 0 Å². The number of aromatic nitrogens is 1. The second kappa shape index (κ2) is 12.4. The molecule has 5 rings (SSSR count). The highest BCUT2D eigenvalue weighted by Crippen LogP contribution is 2.44. The Morgan fingerprint density at radius 2 is 1.62 bits per heavy atom. The van der Waals surface area contributed by atoms with Gasteiger partial charge >= 0.3 is 5.97 Å². The zero-order chi connectivity index (χ0) is 28.1. The highest BCUT2D eigenvalue weighted by molar-refractivity contribution is 5.87. The molecule has 0 aliphatic heterocycles. The number of carboxylic acids is 1. The molecule has 40 heavy (non-hydrogen) atoms. The number of carbonyl (C=O) groups is 1. The van der Waals surface area contributed by atoms with E-state index in [4.69, 9.17) is 9.84 Å². The van der Waals surface area contributed by atoms with Crippen molar-refractivity contribution in [3.63, 3.8) is 0 Å². The number of hydrogen-bond acceptors (Lipinski definition) is 4. The van der Waals surface area contributed by atoms with E-state index in [0.717, 1.165) is 29.5 Å². The molecule has 3 unspecified atom stereocenters. The quantitative estimate of drug-likeness (QED) is 0.128. The zero-order valence-corrected chi connectivity index (χ0v) is 22.9. The highest BCUT2D eigenvalue weighted by Gasteiger charge is 2.28. The first kappa shape index (κ1) is 27.4. The number of hydrogen-bond donors (Lipinski definition) is 4.